The number of carbonyl (C=O) groups excluding carboxylic acids is 1. The maximum Gasteiger partial charge on any atom is 0.272 e. The molecule has 7 heteroatoms. The van der Waals surface area contributed by atoms with Crippen molar-refractivity contribution in [2.24, 2.45) is 0 Å². The molecule has 2 heterocycles. The summed E-state index contributed by atoms with van der Waals surface area (Å²) in [6.07, 6.45) is 5.57. The minimum Gasteiger partial charge on any atom is -0.366 e. The third-order valence-electron chi connectivity index (χ3n) is 4.11. The Balaban J connectivity index is 1.58. The fourth-order valence-corrected chi connectivity index (χ4v) is 2.51. The Morgan fingerprint density at radius 3 is 2.56 bits per heavy atom. The van der Waals surface area contributed by atoms with E-state index in [1.54, 1.807) is 42.5 Å². The van der Waals surface area contributed by atoms with E-state index >= 15 is 0 Å². The molecule has 1 N–H and O–H groups in total. The first-order chi connectivity index (χ1) is 13.1. The molecule has 0 bridgehead atoms. The van der Waals surface area contributed by atoms with Crippen LogP contribution in [0.2, 0.25) is 0 Å². The van der Waals surface area contributed by atoms with Gasteiger partial charge in [0, 0.05) is 38.6 Å². The summed E-state index contributed by atoms with van der Waals surface area (Å²) in [5, 5.41) is 3.12. The number of hydrogen-bond donors (Lipinski definition) is 1. The van der Waals surface area contributed by atoms with Crippen molar-refractivity contribution in [1.29, 1.82) is 0 Å². The van der Waals surface area contributed by atoms with Gasteiger partial charge in [0.15, 0.2) is 0 Å². The van der Waals surface area contributed by atoms with Crippen LogP contribution in [0.4, 0.5) is 10.2 Å². The first kappa shape index (κ1) is 18.4. The van der Waals surface area contributed by atoms with Crippen molar-refractivity contribution in [3.05, 3.63) is 83.8 Å². The van der Waals surface area contributed by atoms with Gasteiger partial charge in [-0.1, -0.05) is 12.1 Å². The Morgan fingerprint density at radius 1 is 1.07 bits per heavy atom. The van der Waals surface area contributed by atoms with Crippen LogP contribution in [-0.2, 0) is 13.0 Å². The van der Waals surface area contributed by atoms with Crippen molar-refractivity contribution >= 4 is 11.7 Å². The van der Waals surface area contributed by atoms with E-state index in [1.807, 2.05) is 12.1 Å². The molecule has 0 aliphatic rings. The van der Waals surface area contributed by atoms with Crippen molar-refractivity contribution < 1.29 is 9.18 Å². The molecule has 6 nitrogen and oxygen atoms in total. The third-order valence-corrected chi connectivity index (χ3v) is 4.11. The zero-order chi connectivity index (χ0) is 19.1. The lowest BCUT2D eigenvalue weighted by Crippen LogP contribution is -2.29. The first-order valence-electron chi connectivity index (χ1n) is 8.56. The predicted molar refractivity (Wildman–Crippen MR) is 101 cm³/mol. The van der Waals surface area contributed by atoms with Gasteiger partial charge in [0.05, 0.1) is 0 Å². The van der Waals surface area contributed by atoms with Gasteiger partial charge in [0.2, 0.25) is 0 Å². The second kappa shape index (κ2) is 8.84. The topological polar surface area (TPSA) is 71.0 Å². The van der Waals surface area contributed by atoms with Crippen molar-refractivity contribution in [1.82, 2.24) is 19.9 Å². The highest BCUT2D eigenvalue weighted by molar-refractivity contribution is 5.92. The minimum atomic E-state index is -0.275. The van der Waals surface area contributed by atoms with E-state index in [0.29, 0.717) is 24.6 Å². The lowest BCUT2D eigenvalue weighted by molar-refractivity contribution is 0.0790. The number of carbonyl (C=O) groups is 1. The maximum absolute atomic E-state index is 13.0. The van der Waals surface area contributed by atoms with Gasteiger partial charge >= 0.3 is 0 Å². The Kier molecular flexibility index (Phi) is 6.04. The van der Waals surface area contributed by atoms with Crippen LogP contribution >= 0.6 is 0 Å². The number of aromatic nitrogens is 3. The zero-order valence-electron chi connectivity index (χ0n) is 15.0. The van der Waals surface area contributed by atoms with E-state index in [0.717, 1.165) is 17.5 Å². The fourth-order valence-electron chi connectivity index (χ4n) is 2.51. The lowest BCUT2D eigenvalue weighted by atomic mass is 10.2. The molecule has 0 radical (unpaired) electrons. The van der Waals surface area contributed by atoms with Crippen molar-refractivity contribution in [2.45, 2.75) is 13.0 Å². The monoisotopic (exact) mass is 365 g/mol. The molecule has 3 aromatic rings. The number of nitrogens with zero attached hydrogens (tertiary/aromatic N) is 4. The second-order valence-corrected chi connectivity index (χ2v) is 6.10. The van der Waals surface area contributed by atoms with Crippen LogP contribution in [0.25, 0.3) is 0 Å². The average Bonchev–Trinajstić information content (AvgIpc) is 2.72. The largest absolute Gasteiger partial charge is 0.366 e. The first-order valence-corrected chi connectivity index (χ1v) is 8.56. The maximum atomic E-state index is 13.0. The van der Waals surface area contributed by atoms with Gasteiger partial charge in [-0.3, -0.25) is 9.78 Å². The molecule has 0 aliphatic heterocycles. The van der Waals surface area contributed by atoms with E-state index in [1.165, 1.54) is 18.5 Å². The van der Waals surface area contributed by atoms with Crippen LogP contribution in [0.1, 0.15) is 21.6 Å². The summed E-state index contributed by atoms with van der Waals surface area (Å²) in [5.41, 5.74) is 2.36. The normalized spacial score (nSPS) is 10.4. The van der Waals surface area contributed by atoms with Gasteiger partial charge in [0.25, 0.3) is 5.91 Å². The highest BCUT2D eigenvalue weighted by Gasteiger charge is 2.14. The van der Waals surface area contributed by atoms with Crippen molar-refractivity contribution in [3.8, 4) is 0 Å². The Labute approximate surface area is 157 Å². The molecule has 1 amide bonds. The van der Waals surface area contributed by atoms with Crippen LogP contribution < -0.4 is 5.32 Å². The zero-order valence-corrected chi connectivity index (χ0v) is 15.0. The van der Waals surface area contributed by atoms with Gasteiger partial charge in [-0.05, 0) is 41.8 Å². The molecule has 2 aromatic heterocycles. The smallest absolute Gasteiger partial charge is 0.272 e. The summed E-state index contributed by atoms with van der Waals surface area (Å²) in [7, 11) is 1.75. The van der Waals surface area contributed by atoms with Gasteiger partial charge in [0.1, 0.15) is 23.7 Å². The van der Waals surface area contributed by atoms with E-state index in [9.17, 15) is 9.18 Å². The van der Waals surface area contributed by atoms with E-state index in [-0.39, 0.29) is 11.7 Å². The van der Waals surface area contributed by atoms with Crippen LogP contribution in [-0.4, -0.2) is 39.4 Å². The number of pyridine rings is 1. The second-order valence-electron chi connectivity index (χ2n) is 6.10. The Morgan fingerprint density at radius 2 is 1.81 bits per heavy atom. The highest BCUT2D eigenvalue weighted by Crippen LogP contribution is 2.10. The molecule has 0 spiro atoms. The van der Waals surface area contributed by atoms with Crippen LogP contribution in [0.5, 0.6) is 0 Å². The lowest BCUT2D eigenvalue weighted by Gasteiger charge is -2.17. The number of hydrogen-bond acceptors (Lipinski definition) is 5. The van der Waals surface area contributed by atoms with Crippen LogP contribution in [0.3, 0.4) is 0 Å². The third kappa shape index (κ3) is 5.31. The highest BCUT2D eigenvalue weighted by atomic mass is 19.1. The molecule has 1 aromatic carbocycles. The van der Waals surface area contributed by atoms with Crippen LogP contribution in [0.15, 0.2) is 61.2 Å². The predicted octanol–water partition coefficient (Wildman–Crippen LogP) is 2.94. The fraction of sp³-hybridized carbons (Fsp3) is 0.200. The van der Waals surface area contributed by atoms with Crippen molar-refractivity contribution in [3.63, 3.8) is 0 Å². The summed E-state index contributed by atoms with van der Waals surface area (Å²) in [4.78, 5) is 26.4. The van der Waals surface area contributed by atoms with Crippen molar-refractivity contribution in [2.75, 3.05) is 18.9 Å². The van der Waals surface area contributed by atoms with E-state index in [4.69, 9.17) is 0 Å². The summed E-state index contributed by atoms with van der Waals surface area (Å²) in [6, 6.07) is 11.7. The molecule has 0 unspecified atom stereocenters. The molecule has 0 saturated heterocycles. The molecule has 0 fully saturated rings. The van der Waals surface area contributed by atoms with Gasteiger partial charge in [-0.2, -0.15) is 0 Å². The van der Waals surface area contributed by atoms with E-state index in [2.05, 4.69) is 20.3 Å². The number of nitrogens with one attached hydrogen (secondary N) is 1. The summed E-state index contributed by atoms with van der Waals surface area (Å²) in [6.45, 7) is 1.05. The molecule has 0 aliphatic carbocycles. The molecule has 0 saturated carbocycles. The number of halogens is 1. The molecule has 138 valence electrons. The Bertz CT molecular complexity index is 886. The number of rotatable bonds is 7. The summed E-state index contributed by atoms with van der Waals surface area (Å²) >= 11 is 0. The summed E-state index contributed by atoms with van der Waals surface area (Å²) in [5.74, 6) is 0.0972. The van der Waals surface area contributed by atoms with Crippen LogP contribution in [0, 0.1) is 5.82 Å². The molecule has 3 rings (SSSR count). The van der Waals surface area contributed by atoms with Gasteiger partial charge in [-0.25, -0.2) is 14.4 Å². The Hall–Kier alpha value is -3.35. The number of likely N-dealkylation sites (N-methyl/N-ethyl adjacent to an activating group) is 1. The van der Waals surface area contributed by atoms with Gasteiger partial charge < -0.3 is 10.2 Å². The van der Waals surface area contributed by atoms with Gasteiger partial charge in [-0.15, -0.1) is 0 Å². The number of amides is 1. The minimum absolute atomic E-state index is 0.170. The quantitative estimate of drug-likeness (QED) is 0.697. The molecular weight excluding hydrogens is 345 g/mol. The SMILES string of the molecule is CN(CCc1ccncc1)C(=O)c1cc(NCc2ccc(F)cc2)ncn1. The standard InChI is InChI=1S/C20H20FN5O/c1-26(11-8-15-6-9-22-10-7-15)20(27)18-12-19(25-14-24-18)23-13-16-2-4-17(21)5-3-16/h2-7,9-10,12,14H,8,11,13H2,1H3,(H,23,24,25). The molecule has 0 atom stereocenters. The number of benzene rings is 1. The molecular formula is C20H20FN5O. The molecule has 27 heavy (non-hydrogen) atoms. The van der Waals surface area contributed by atoms with E-state index < -0.39 is 0 Å². The summed E-state index contributed by atoms with van der Waals surface area (Å²) < 4.78 is 13.0. The number of anilines is 1. The average molecular weight is 365 g/mol.